The van der Waals surface area contributed by atoms with Crippen molar-refractivity contribution in [1.29, 1.82) is 5.26 Å². The molecule has 0 radical (unpaired) electrons. The lowest BCUT2D eigenvalue weighted by molar-refractivity contribution is 0.0696. The van der Waals surface area contributed by atoms with E-state index >= 15 is 0 Å². The van der Waals surface area contributed by atoms with Crippen LogP contribution in [0.2, 0.25) is 10.0 Å². The van der Waals surface area contributed by atoms with E-state index in [0.717, 1.165) is 0 Å². The standard InChI is InChI=1S/C8H3Cl2NO2/c9-4-1-5(8(12)13)6(3-11)7(10)2-4/h1-2H,(H,12,13). The van der Waals surface area contributed by atoms with Gasteiger partial charge in [0.2, 0.25) is 0 Å². The summed E-state index contributed by atoms with van der Waals surface area (Å²) in [5.74, 6) is -1.22. The van der Waals surface area contributed by atoms with Gasteiger partial charge in [0.05, 0.1) is 16.1 Å². The third-order valence-corrected chi connectivity index (χ3v) is 1.91. The first-order valence-electron chi connectivity index (χ1n) is 3.18. The predicted molar refractivity (Wildman–Crippen MR) is 48.1 cm³/mol. The van der Waals surface area contributed by atoms with Gasteiger partial charge in [0.25, 0.3) is 0 Å². The fourth-order valence-corrected chi connectivity index (χ4v) is 1.39. The van der Waals surface area contributed by atoms with Crippen molar-refractivity contribution in [3.63, 3.8) is 0 Å². The summed E-state index contributed by atoms with van der Waals surface area (Å²) in [7, 11) is 0. The maximum absolute atomic E-state index is 10.6. The van der Waals surface area contributed by atoms with E-state index in [1.54, 1.807) is 6.07 Å². The van der Waals surface area contributed by atoms with Crippen LogP contribution < -0.4 is 0 Å². The Bertz CT molecular complexity index is 409. The monoisotopic (exact) mass is 215 g/mol. The van der Waals surface area contributed by atoms with Crippen molar-refractivity contribution >= 4 is 29.2 Å². The van der Waals surface area contributed by atoms with Crippen LogP contribution in [0.5, 0.6) is 0 Å². The third-order valence-electron chi connectivity index (χ3n) is 1.40. The van der Waals surface area contributed by atoms with Gasteiger partial charge in [0.15, 0.2) is 0 Å². The molecule has 0 bridgehead atoms. The van der Waals surface area contributed by atoms with Gasteiger partial charge in [-0.3, -0.25) is 0 Å². The summed E-state index contributed by atoms with van der Waals surface area (Å²) >= 11 is 11.2. The Morgan fingerprint density at radius 2 is 2.08 bits per heavy atom. The first kappa shape index (κ1) is 9.85. The van der Waals surface area contributed by atoms with Crippen LogP contribution in [0.4, 0.5) is 0 Å². The van der Waals surface area contributed by atoms with Gasteiger partial charge in [-0.1, -0.05) is 23.2 Å². The highest BCUT2D eigenvalue weighted by Crippen LogP contribution is 2.24. The Labute approximate surface area is 84.1 Å². The summed E-state index contributed by atoms with van der Waals surface area (Å²) in [4.78, 5) is 10.6. The first-order valence-corrected chi connectivity index (χ1v) is 3.94. The number of carbonyl (C=O) groups is 1. The Hall–Kier alpha value is -1.24. The number of hydrogen-bond acceptors (Lipinski definition) is 2. The maximum Gasteiger partial charge on any atom is 0.337 e. The van der Waals surface area contributed by atoms with Gasteiger partial charge in [0.1, 0.15) is 6.07 Å². The molecule has 0 aliphatic carbocycles. The van der Waals surface area contributed by atoms with Crippen molar-refractivity contribution in [1.82, 2.24) is 0 Å². The number of carboxylic acids is 1. The molecule has 0 aliphatic rings. The SMILES string of the molecule is N#Cc1c(Cl)cc(Cl)cc1C(=O)O. The minimum absolute atomic E-state index is 0.0485. The lowest BCUT2D eigenvalue weighted by Crippen LogP contribution is -2.00. The average Bonchev–Trinajstić information content (AvgIpc) is 2.02. The molecular weight excluding hydrogens is 213 g/mol. The summed E-state index contributed by atoms with van der Waals surface area (Å²) in [5.41, 5.74) is -0.251. The molecule has 5 heteroatoms. The molecule has 0 heterocycles. The molecule has 0 unspecified atom stereocenters. The van der Waals surface area contributed by atoms with E-state index in [-0.39, 0.29) is 21.2 Å². The maximum atomic E-state index is 10.6. The highest BCUT2D eigenvalue weighted by atomic mass is 35.5. The van der Waals surface area contributed by atoms with Crippen molar-refractivity contribution in [2.45, 2.75) is 0 Å². The Kier molecular flexibility index (Phi) is 2.76. The Morgan fingerprint density at radius 1 is 1.46 bits per heavy atom. The molecule has 66 valence electrons. The molecule has 0 saturated carbocycles. The number of hydrogen-bond donors (Lipinski definition) is 1. The summed E-state index contributed by atoms with van der Waals surface area (Å²) in [5, 5.41) is 17.5. The van der Waals surface area contributed by atoms with Gasteiger partial charge in [-0.05, 0) is 12.1 Å². The molecule has 0 aliphatic heterocycles. The Balaban J connectivity index is 3.50. The minimum atomic E-state index is -1.22. The number of carboxylic acid groups (broad SMARTS) is 1. The fourth-order valence-electron chi connectivity index (χ4n) is 0.856. The summed E-state index contributed by atoms with van der Waals surface area (Å²) in [6.45, 7) is 0. The minimum Gasteiger partial charge on any atom is -0.478 e. The van der Waals surface area contributed by atoms with Crippen LogP contribution in [0.3, 0.4) is 0 Å². The predicted octanol–water partition coefficient (Wildman–Crippen LogP) is 2.56. The second-order valence-electron chi connectivity index (χ2n) is 2.23. The summed E-state index contributed by atoms with van der Waals surface area (Å²) in [6, 6.07) is 4.22. The number of benzene rings is 1. The molecular formula is C8H3Cl2NO2. The molecule has 0 atom stereocenters. The van der Waals surface area contributed by atoms with E-state index in [2.05, 4.69) is 0 Å². The van der Waals surface area contributed by atoms with Crippen LogP contribution in [0.1, 0.15) is 15.9 Å². The molecule has 0 aromatic heterocycles. The number of aromatic carboxylic acids is 1. The lowest BCUT2D eigenvalue weighted by atomic mass is 10.1. The van der Waals surface area contributed by atoms with Crippen LogP contribution in [-0.4, -0.2) is 11.1 Å². The van der Waals surface area contributed by atoms with Crippen LogP contribution in [0, 0.1) is 11.3 Å². The van der Waals surface area contributed by atoms with Crippen molar-refractivity contribution in [2.75, 3.05) is 0 Å². The number of rotatable bonds is 1. The van der Waals surface area contributed by atoms with E-state index in [9.17, 15) is 4.79 Å². The summed E-state index contributed by atoms with van der Waals surface area (Å²) < 4.78 is 0. The average molecular weight is 216 g/mol. The van der Waals surface area contributed by atoms with Crippen molar-refractivity contribution in [3.8, 4) is 6.07 Å². The van der Waals surface area contributed by atoms with Crippen LogP contribution >= 0.6 is 23.2 Å². The van der Waals surface area contributed by atoms with Crippen molar-refractivity contribution in [3.05, 3.63) is 33.3 Å². The van der Waals surface area contributed by atoms with E-state index in [1.165, 1.54) is 12.1 Å². The first-order chi connectivity index (χ1) is 6.06. The van der Waals surface area contributed by atoms with E-state index in [1.807, 2.05) is 0 Å². The second-order valence-corrected chi connectivity index (χ2v) is 3.07. The zero-order valence-corrected chi connectivity index (χ0v) is 7.73. The number of nitrogens with zero attached hydrogens (tertiary/aromatic N) is 1. The number of halogens is 2. The van der Waals surface area contributed by atoms with Gasteiger partial charge in [0, 0.05) is 5.02 Å². The smallest absolute Gasteiger partial charge is 0.337 e. The normalized spacial score (nSPS) is 9.31. The van der Waals surface area contributed by atoms with Crippen LogP contribution in [0.25, 0.3) is 0 Å². The molecule has 1 aromatic rings. The third kappa shape index (κ3) is 1.92. The largest absolute Gasteiger partial charge is 0.478 e. The molecule has 0 fully saturated rings. The summed E-state index contributed by atoms with van der Waals surface area (Å²) in [6.07, 6.45) is 0. The van der Waals surface area contributed by atoms with Crippen molar-refractivity contribution in [2.24, 2.45) is 0 Å². The van der Waals surface area contributed by atoms with Gasteiger partial charge in [-0.15, -0.1) is 0 Å². The molecule has 3 nitrogen and oxygen atoms in total. The van der Waals surface area contributed by atoms with E-state index < -0.39 is 5.97 Å². The fraction of sp³-hybridized carbons (Fsp3) is 0. The van der Waals surface area contributed by atoms with Crippen LogP contribution in [0.15, 0.2) is 12.1 Å². The van der Waals surface area contributed by atoms with Gasteiger partial charge < -0.3 is 5.11 Å². The van der Waals surface area contributed by atoms with E-state index in [0.29, 0.717) is 0 Å². The van der Waals surface area contributed by atoms with Crippen LogP contribution in [-0.2, 0) is 0 Å². The van der Waals surface area contributed by atoms with Gasteiger partial charge >= 0.3 is 5.97 Å². The lowest BCUT2D eigenvalue weighted by Gasteiger charge is -2.00. The highest BCUT2D eigenvalue weighted by molar-refractivity contribution is 6.36. The molecule has 0 amide bonds. The molecule has 1 rings (SSSR count). The molecule has 1 aromatic carbocycles. The molecule has 13 heavy (non-hydrogen) atoms. The number of nitriles is 1. The van der Waals surface area contributed by atoms with Gasteiger partial charge in [-0.2, -0.15) is 5.26 Å². The Morgan fingerprint density at radius 3 is 2.54 bits per heavy atom. The zero-order chi connectivity index (χ0) is 10.0. The van der Waals surface area contributed by atoms with Gasteiger partial charge in [-0.25, -0.2) is 4.79 Å². The quantitative estimate of drug-likeness (QED) is 0.784. The second kappa shape index (κ2) is 3.65. The molecule has 0 saturated heterocycles. The topological polar surface area (TPSA) is 61.1 Å². The molecule has 1 N–H and O–H groups in total. The zero-order valence-electron chi connectivity index (χ0n) is 6.21. The molecule has 0 spiro atoms. The van der Waals surface area contributed by atoms with Crippen molar-refractivity contribution < 1.29 is 9.90 Å². The van der Waals surface area contributed by atoms with E-state index in [4.69, 9.17) is 33.6 Å². The highest BCUT2D eigenvalue weighted by Gasteiger charge is 2.14.